The van der Waals surface area contributed by atoms with Crippen LogP contribution in [0, 0.1) is 5.92 Å². The highest BCUT2D eigenvalue weighted by Gasteiger charge is 2.52. The lowest BCUT2D eigenvalue weighted by Gasteiger charge is -2.26. The Kier molecular flexibility index (Phi) is 20.1. The molecule has 2 fully saturated rings. The van der Waals surface area contributed by atoms with Crippen molar-refractivity contribution in [2.45, 2.75) is 143 Å². The molecule has 2 aromatic rings. The Balaban J connectivity index is 0.000000316. The molecule has 0 bridgehead atoms. The first kappa shape index (κ1) is 48.7. The average molecular weight is 859 g/mol. The van der Waals surface area contributed by atoms with E-state index in [0.717, 1.165) is 17.4 Å². The molecule has 326 valence electrons. The third kappa shape index (κ3) is 18.4. The zero-order valence-electron chi connectivity index (χ0n) is 35.7. The summed E-state index contributed by atoms with van der Waals surface area (Å²) in [6.45, 7) is 10.0. The molecule has 2 aliphatic rings. The second-order valence-corrected chi connectivity index (χ2v) is 20.2. The number of hydrogen-bond donors (Lipinski definition) is 0. The van der Waals surface area contributed by atoms with Gasteiger partial charge in [0.15, 0.2) is 0 Å². The van der Waals surface area contributed by atoms with Crippen molar-refractivity contribution < 1.29 is 64.8 Å². The summed E-state index contributed by atoms with van der Waals surface area (Å²) in [7, 11) is -7.57. The number of carbonyl (C=O) groups excluding carboxylic acids is 6. The topological polar surface area (TPSA) is 176 Å². The monoisotopic (exact) mass is 858 g/mol. The molecule has 0 N–H and O–H groups in total. The summed E-state index contributed by atoms with van der Waals surface area (Å²) in [4.78, 5) is 68.7. The van der Waals surface area contributed by atoms with E-state index in [1.807, 2.05) is 24.3 Å². The first-order valence-electron chi connectivity index (χ1n) is 20.6. The van der Waals surface area contributed by atoms with Crippen LogP contribution in [0.25, 0.3) is 0 Å². The maximum Gasteiger partial charge on any atom is 0.705 e. The number of rotatable bonds is 18. The van der Waals surface area contributed by atoms with Crippen molar-refractivity contribution in [3.05, 3.63) is 59.7 Å². The van der Waals surface area contributed by atoms with Gasteiger partial charge in [-0.1, -0.05) is 63.3 Å². The van der Waals surface area contributed by atoms with E-state index in [-0.39, 0.29) is 12.1 Å². The van der Waals surface area contributed by atoms with Gasteiger partial charge < -0.3 is 36.0 Å². The van der Waals surface area contributed by atoms with E-state index in [1.165, 1.54) is 110 Å². The second-order valence-electron chi connectivity index (χ2n) is 15.3. The van der Waals surface area contributed by atoms with Crippen molar-refractivity contribution in [2.24, 2.45) is 5.92 Å². The first-order valence-corrected chi connectivity index (χ1v) is 24.5. The molecule has 0 aromatic heterocycles. The van der Waals surface area contributed by atoms with Crippen LogP contribution in [0.5, 0.6) is 11.5 Å². The van der Waals surface area contributed by atoms with E-state index in [2.05, 4.69) is 31.2 Å². The number of carbonyl (C=O) groups is 6. The highest BCUT2D eigenvalue weighted by molar-refractivity contribution is 6.66. The van der Waals surface area contributed by atoms with Gasteiger partial charge in [-0.15, -0.1) is 0 Å². The molecule has 0 amide bonds. The molecule has 0 saturated heterocycles. The molecule has 0 aliphatic heterocycles. The van der Waals surface area contributed by atoms with Crippen LogP contribution in [0.1, 0.15) is 142 Å². The van der Waals surface area contributed by atoms with Crippen LogP contribution in [0.4, 0.5) is 0 Å². The predicted octanol–water partition coefficient (Wildman–Crippen LogP) is 8.51. The van der Waals surface area contributed by atoms with E-state index < -0.39 is 53.4 Å². The minimum absolute atomic E-state index is 0.101. The Labute approximate surface area is 350 Å². The molecule has 0 spiro atoms. The van der Waals surface area contributed by atoms with Crippen LogP contribution < -0.4 is 9.47 Å². The van der Waals surface area contributed by atoms with Crippen molar-refractivity contribution in [1.29, 1.82) is 0 Å². The zero-order valence-corrected chi connectivity index (χ0v) is 37.7. The van der Waals surface area contributed by atoms with Gasteiger partial charge in [-0.05, 0) is 91.7 Å². The van der Waals surface area contributed by atoms with Gasteiger partial charge in [0.1, 0.15) is 11.5 Å². The summed E-state index contributed by atoms with van der Waals surface area (Å²) >= 11 is 0. The predicted molar refractivity (Wildman–Crippen MR) is 221 cm³/mol. The smallest absolute Gasteiger partial charge is 0.494 e. The van der Waals surface area contributed by atoms with Crippen molar-refractivity contribution in [3.8, 4) is 11.5 Å². The highest BCUT2D eigenvalue weighted by atomic mass is 28.4. The molecule has 0 atom stereocenters. The normalized spacial score (nSPS) is 16.9. The number of ether oxygens (including phenoxy) is 2. The van der Waals surface area contributed by atoms with Gasteiger partial charge in [-0.3, -0.25) is 28.8 Å². The largest absolute Gasteiger partial charge is 0.705 e. The molecule has 2 aliphatic carbocycles. The fourth-order valence-corrected chi connectivity index (χ4v) is 12.0. The van der Waals surface area contributed by atoms with Crippen LogP contribution in [0.15, 0.2) is 48.5 Å². The standard InChI is InChI=1S/C22H32O7Si.C21H30O7Si/c1-16-6-8-20(9-7-16)21-10-12-22(13-11-21)26-14-5-15-30(27-17(2)23,28-18(3)24)29-19(4)25;1-16(22)26-29(27-17(2)23,28-18(3)24)15-7-14-25-21-12-10-20(11-13-21)19-8-5-4-6-9-19/h10-13,16,20H,5-9,14-15H2,1-4H3;10-13,19H,4-9,14-15H2,1-3H3/t16-,20-;. The Bertz CT molecular complexity index is 1580. The van der Waals surface area contributed by atoms with E-state index in [9.17, 15) is 28.8 Å². The Morgan fingerprint density at radius 2 is 0.763 bits per heavy atom. The maximum absolute atomic E-state index is 11.5. The summed E-state index contributed by atoms with van der Waals surface area (Å²) in [5, 5.41) is 0. The van der Waals surface area contributed by atoms with E-state index in [0.29, 0.717) is 37.9 Å². The molecule has 0 radical (unpaired) electrons. The SMILES string of the molecule is CC(=O)O[Si](CCCOc1ccc(C2CCCCC2)cc1)(OC(C)=O)OC(C)=O.CC(=O)O[Si](CCCOc1ccc([C@H]2CC[C@H](C)CC2)cc1)(OC(C)=O)OC(C)=O. The van der Waals surface area contributed by atoms with Crippen LogP contribution >= 0.6 is 0 Å². The molecule has 4 rings (SSSR count). The van der Waals surface area contributed by atoms with Crippen LogP contribution in [-0.4, -0.2) is 66.6 Å². The molecule has 16 heteroatoms. The van der Waals surface area contributed by atoms with Gasteiger partial charge in [0.25, 0.3) is 35.8 Å². The molecule has 59 heavy (non-hydrogen) atoms. The minimum atomic E-state index is -3.79. The van der Waals surface area contributed by atoms with Crippen LogP contribution in [0.2, 0.25) is 12.1 Å². The van der Waals surface area contributed by atoms with Gasteiger partial charge >= 0.3 is 17.6 Å². The minimum Gasteiger partial charge on any atom is -0.494 e. The number of hydrogen-bond acceptors (Lipinski definition) is 14. The van der Waals surface area contributed by atoms with Gasteiger partial charge in [-0.2, -0.15) is 0 Å². The summed E-state index contributed by atoms with van der Waals surface area (Å²) in [5.41, 5.74) is 2.70. The molecule has 2 aromatic carbocycles. The fraction of sp³-hybridized carbons (Fsp3) is 0.581. The van der Waals surface area contributed by atoms with Gasteiger partial charge in [-0.25, -0.2) is 0 Å². The Hall–Kier alpha value is -4.71. The van der Waals surface area contributed by atoms with Crippen molar-refractivity contribution >= 4 is 53.4 Å². The summed E-state index contributed by atoms with van der Waals surface area (Å²) < 4.78 is 42.5. The summed E-state index contributed by atoms with van der Waals surface area (Å²) in [6, 6.07) is 16.5. The van der Waals surface area contributed by atoms with E-state index >= 15 is 0 Å². The Morgan fingerprint density at radius 1 is 0.458 bits per heavy atom. The van der Waals surface area contributed by atoms with E-state index in [1.54, 1.807) is 0 Å². The lowest BCUT2D eigenvalue weighted by atomic mass is 9.79. The third-order valence-corrected chi connectivity index (χ3v) is 15.4. The maximum atomic E-state index is 11.5. The van der Waals surface area contributed by atoms with E-state index in [4.69, 9.17) is 36.0 Å². The quantitative estimate of drug-likeness (QED) is 0.103. The molecule has 14 nitrogen and oxygen atoms in total. The molecule has 0 unspecified atom stereocenters. The third-order valence-electron chi connectivity index (χ3n) is 9.91. The molecular weight excluding hydrogens is 797 g/mol. The summed E-state index contributed by atoms with van der Waals surface area (Å²) in [5.74, 6) is -0.445. The first-order chi connectivity index (χ1) is 28.0. The second kappa shape index (κ2) is 24.4. The van der Waals surface area contributed by atoms with Gasteiger partial charge in [0, 0.05) is 41.5 Å². The van der Waals surface area contributed by atoms with Crippen LogP contribution in [-0.2, 0) is 55.3 Å². The zero-order chi connectivity index (χ0) is 43.4. The Morgan fingerprint density at radius 3 is 1.07 bits per heavy atom. The highest BCUT2D eigenvalue weighted by Crippen LogP contribution is 2.36. The van der Waals surface area contributed by atoms with Crippen molar-refractivity contribution in [2.75, 3.05) is 13.2 Å². The van der Waals surface area contributed by atoms with Crippen molar-refractivity contribution in [3.63, 3.8) is 0 Å². The van der Waals surface area contributed by atoms with Gasteiger partial charge in [0.2, 0.25) is 0 Å². The van der Waals surface area contributed by atoms with Crippen molar-refractivity contribution in [1.82, 2.24) is 0 Å². The lowest BCUT2D eigenvalue weighted by molar-refractivity contribution is -0.151. The molecule has 0 heterocycles. The average Bonchev–Trinajstić information content (AvgIpc) is 3.15. The molecule has 2 saturated carbocycles. The van der Waals surface area contributed by atoms with Gasteiger partial charge in [0.05, 0.1) is 25.3 Å². The number of benzene rings is 2. The lowest BCUT2D eigenvalue weighted by Crippen LogP contribution is -2.49. The van der Waals surface area contributed by atoms with Crippen LogP contribution in [0.3, 0.4) is 0 Å². The fourth-order valence-electron chi connectivity index (χ4n) is 7.40. The summed E-state index contributed by atoms with van der Waals surface area (Å²) in [6.07, 6.45) is 12.2. The molecular formula is C43H62O14Si2.